The summed E-state index contributed by atoms with van der Waals surface area (Å²) in [5.74, 6) is 1.17. The molecule has 1 N–H and O–H groups in total. The average Bonchev–Trinajstić information content (AvgIpc) is 3.22. The van der Waals surface area contributed by atoms with Crippen LogP contribution < -0.4 is 4.74 Å². The lowest BCUT2D eigenvalue weighted by atomic mass is 10.1. The topological polar surface area (TPSA) is 77.9 Å². The van der Waals surface area contributed by atoms with Crippen molar-refractivity contribution in [2.45, 2.75) is 39.3 Å². The highest BCUT2D eigenvalue weighted by Crippen LogP contribution is 2.33. The number of nitrogens with zero attached hydrogens (tertiary/aromatic N) is 4. The van der Waals surface area contributed by atoms with Gasteiger partial charge in [0.1, 0.15) is 11.8 Å². The van der Waals surface area contributed by atoms with E-state index in [0.29, 0.717) is 11.8 Å². The molecule has 0 saturated carbocycles. The van der Waals surface area contributed by atoms with Gasteiger partial charge in [0.05, 0.1) is 30.3 Å². The number of pyridine rings is 1. The maximum Gasteiger partial charge on any atom is 0.225 e. The van der Waals surface area contributed by atoms with Gasteiger partial charge in [-0.15, -0.1) is 0 Å². The Bertz CT molecular complexity index is 848. The third-order valence-electron chi connectivity index (χ3n) is 4.35. The van der Waals surface area contributed by atoms with Crippen LogP contribution in [0.5, 0.6) is 5.88 Å². The molecule has 0 aromatic carbocycles. The monoisotopic (exact) mass is 341 g/mol. The molecule has 1 aliphatic heterocycles. The Hall–Kier alpha value is -2.41. The number of hydrogen-bond donors (Lipinski definition) is 1. The third-order valence-corrected chi connectivity index (χ3v) is 4.35. The Labute approximate surface area is 146 Å². The fourth-order valence-corrected chi connectivity index (χ4v) is 3.15. The number of hydrogen-bond acceptors (Lipinski definition) is 5. The van der Waals surface area contributed by atoms with E-state index in [-0.39, 0.29) is 6.10 Å². The minimum Gasteiger partial charge on any atom is -0.474 e. The van der Waals surface area contributed by atoms with Crippen LogP contribution >= 0.6 is 0 Å². The molecule has 7 heteroatoms. The molecular formula is C18H23N5O2. The second-order valence-corrected chi connectivity index (χ2v) is 6.89. The van der Waals surface area contributed by atoms with Crippen LogP contribution in [-0.4, -0.2) is 44.3 Å². The molecule has 1 fully saturated rings. The second-order valence-electron chi connectivity index (χ2n) is 6.89. The van der Waals surface area contributed by atoms with Gasteiger partial charge in [0.2, 0.25) is 5.88 Å². The van der Waals surface area contributed by atoms with E-state index in [1.54, 1.807) is 6.20 Å². The SMILES string of the molecule is CC(C)Cn1cc(-c2n[nH]c3ccnc(OC4CCOCC4)c23)cn1. The Morgan fingerprint density at radius 2 is 2.20 bits per heavy atom. The van der Waals surface area contributed by atoms with E-state index >= 15 is 0 Å². The van der Waals surface area contributed by atoms with Crippen LogP contribution in [-0.2, 0) is 11.3 Å². The number of nitrogens with one attached hydrogen (secondary N) is 1. The van der Waals surface area contributed by atoms with Gasteiger partial charge in [0.25, 0.3) is 0 Å². The maximum absolute atomic E-state index is 6.18. The largest absolute Gasteiger partial charge is 0.474 e. The molecule has 0 spiro atoms. The Morgan fingerprint density at radius 3 is 3.00 bits per heavy atom. The van der Waals surface area contributed by atoms with Crippen LogP contribution in [0.4, 0.5) is 0 Å². The Balaban J connectivity index is 1.68. The zero-order valence-corrected chi connectivity index (χ0v) is 14.6. The molecule has 3 aromatic rings. The van der Waals surface area contributed by atoms with Crippen LogP contribution in [0.15, 0.2) is 24.7 Å². The first-order valence-corrected chi connectivity index (χ1v) is 8.81. The summed E-state index contributed by atoms with van der Waals surface area (Å²) in [5.41, 5.74) is 2.72. The summed E-state index contributed by atoms with van der Waals surface area (Å²) < 4.78 is 13.5. The van der Waals surface area contributed by atoms with Crippen LogP contribution in [0.2, 0.25) is 0 Å². The maximum atomic E-state index is 6.18. The van der Waals surface area contributed by atoms with E-state index in [1.807, 2.05) is 23.1 Å². The van der Waals surface area contributed by atoms with E-state index < -0.39 is 0 Å². The summed E-state index contributed by atoms with van der Waals surface area (Å²) in [5, 5.41) is 12.9. The molecule has 0 radical (unpaired) electrons. The lowest BCUT2D eigenvalue weighted by molar-refractivity contribution is 0.0244. The van der Waals surface area contributed by atoms with Crippen molar-refractivity contribution in [1.29, 1.82) is 0 Å². The van der Waals surface area contributed by atoms with Gasteiger partial charge < -0.3 is 9.47 Å². The molecule has 0 unspecified atom stereocenters. The summed E-state index contributed by atoms with van der Waals surface area (Å²) in [4.78, 5) is 4.46. The van der Waals surface area contributed by atoms with Crippen molar-refractivity contribution in [2.24, 2.45) is 5.92 Å². The standard InChI is InChI=1S/C18H23N5O2/c1-12(2)10-23-11-13(9-20-23)17-16-15(21-22-17)3-6-19-18(16)25-14-4-7-24-8-5-14/h3,6,9,11-12,14H,4-5,7-8,10H2,1-2H3,(H,21,22). The summed E-state index contributed by atoms with van der Waals surface area (Å²) in [6, 6.07) is 1.92. The lowest BCUT2D eigenvalue weighted by Gasteiger charge is -2.23. The Kier molecular flexibility index (Phi) is 4.40. The highest BCUT2D eigenvalue weighted by atomic mass is 16.5. The van der Waals surface area contributed by atoms with Crippen molar-refractivity contribution in [1.82, 2.24) is 25.0 Å². The van der Waals surface area contributed by atoms with E-state index in [1.165, 1.54) is 0 Å². The van der Waals surface area contributed by atoms with E-state index in [2.05, 4.69) is 34.1 Å². The summed E-state index contributed by atoms with van der Waals surface area (Å²) in [7, 11) is 0. The first-order chi connectivity index (χ1) is 12.2. The van der Waals surface area contributed by atoms with Gasteiger partial charge in [-0.05, 0) is 12.0 Å². The summed E-state index contributed by atoms with van der Waals surface area (Å²) in [6.07, 6.45) is 7.54. The molecular weight excluding hydrogens is 318 g/mol. The van der Waals surface area contributed by atoms with Gasteiger partial charge in [0, 0.05) is 37.3 Å². The fourth-order valence-electron chi connectivity index (χ4n) is 3.15. The summed E-state index contributed by atoms with van der Waals surface area (Å²) in [6.45, 7) is 6.71. The zero-order valence-electron chi connectivity index (χ0n) is 14.6. The van der Waals surface area contributed by atoms with E-state index in [4.69, 9.17) is 9.47 Å². The first kappa shape index (κ1) is 16.1. The Morgan fingerprint density at radius 1 is 1.36 bits per heavy atom. The molecule has 3 aromatic heterocycles. The third kappa shape index (κ3) is 3.37. The minimum atomic E-state index is 0.137. The number of aromatic nitrogens is 5. The minimum absolute atomic E-state index is 0.137. The van der Waals surface area contributed by atoms with Crippen molar-refractivity contribution in [3.63, 3.8) is 0 Å². The molecule has 0 bridgehead atoms. The molecule has 25 heavy (non-hydrogen) atoms. The predicted octanol–water partition coefficient (Wildman–Crippen LogP) is 3.04. The lowest BCUT2D eigenvalue weighted by Crippen LogP contribution is -2.26. The summed E-state index contributed by atoms with van der Waals surface area (Å²) >= 11 is 0. The first-order valence-electron chi connectivity index (χ1n) is 8.81. The highest BCUT2D eigenvalue weighted by Gasteiger charge is 2.21. The van der Waals surface area contributed by atoms with Crippen LogP contribution in [0, 0.1) is 5.92 Å². The molecule has 4 heterocycles. The molecule has 0 aliphatic carbocycles. The molecule has 132 valence electrons. The van der Waals surface area contributed by atoms with E-state index in [9.17, 15) is 0 Å². The van der Waals surface area contributed by atoms with Gasteiger partial charge in [-0.1, -0.05) is 13.8 Å². The van der Waals surface area contributed by atoms with Gasteiger partial charge in [-0.25, -0.2) is 4.98 Å². The van der Waals surface area contributed by atoms with Crippen molar-refractivity contribution in [2.75, 3.05) is 13.2 Å². The smallest absolute Gasteiger partial charge is 0.225 e. The fraction of sp³-hybridized carbons (Fsp3) is 0.500. The normalized spacial score (nSPS) is 16.0. The average molecular weight is 341 g/mol. The van der Waals surface area contributed by atoms with Gasteiger partial charge >= 0.3 is 0 Å². The molecule has 1 saturated heterocycles. The van der Waals surface area contributed by atoms with Crippen LogP contribution in [0.25, 0.3) is 22.2 Å². The number of aromatic amines is 1. The van der Waals surface area contributed by atoms with Crippen molar-refractivity contribution in [3.8, 4) is 17.1 Å². The number of ether oxygens (including phenoxy) is 2. The zero-order chi connectivity index (χ0) is 17.2. The van der Waals surface area contributed by atoms with Gasteiger partial charge in [0.15, 0.2) is 0 Å². The molecule has 1 aliphatic rings. The number of H-pyrrole nitrogens is 1. The number of rotatable bonds is 5. The molecule has 0 atom stereocenters. The van der Waals surface area contributed by atoms with Crippen LogP contribution in [0.1, 0.15) is 26.7 Å². The molecule has 4 rings (SSSR count). The number of fused-ring (bicyclic) bond motifs is 1. The quantitative estimate of drug-likeness (QED) is 0.772. The van der Waals surface area contributed by atoms with Gasteiger partial charge in [-0.3, -0.25) is 9.78 Å². The van der Waals surface area contributed by atoms with Crippen LogP contribution in [0.3, 0.4) is 0 Å². The van der Waals surface area contributed by atoms with Crippen molar-refractivity contribution < 1.29 is 9.47 Å². The highest BCUT2D eigenvalue weighted by molar-refractivity contribution is 5.96. The van der Waals surface area contributed by atoms with Crippen molar-refractivity contribution >= 4 is 10.9 Å². The van der Waals surface area contributed by atoms with Gasteiger partial charge in [-0.2, -0.15) is 10.2 Å². The second kappa shape index (κ2) is 6.84. The predicted molar refractivity (Wildman–Crippen MR) is 94.4 cm³/mol. The van der Waals surface area contributed by atoms with E-state index in [0.717, 1.165) is 54.8 Å². The molecule has 7 nitrogen and oxygen atoms in total. The molecule has 0 amide bonds. The van der Waals surface area contributed by atoms with Crippen molar-refractivity contribution in [3.05, 3.63) is 24.7 Å².